The molecule has 0 saturated heterocycles. The molecule has 1 heterocycles. The van der Waals surface area contributed by atoms with Crippen molar-refractivity contribution in [1.82, 2.24) is 10.2 Å². The van der Waals surface area contributed by atoms with Gasteiger partial charge in [0, 0.05) is 12.1 Å². The number of urea groups is 1. The van der Waals surface area contributed by atoms with E-state index in [1.807, 2.05) is 30.3 Å². The minimum atomic E-state index is -0.694. The summed E-state index contributed by atoms with van der Waals surface area (Å²) in [6.45, 7) is 6.17. The number of amides is 2. The van der Waals surface area contributed by atoms with Crippen LogP contribution in [0.2, 0.25) is 5.02 Å². The van der Waals surface area contributed by atoms with E-state index >= 15 is 0 Å². The lowest BCUT2D eigenvalue weighted by Gasteiger charge is -2.34. The first-order valence-corrected chi connectivity index (χ1v) is 10.6. The largest absolute Gasteiger partial charge is 0.487 e. The van der Waals surface area contributed by atoms with Crippen LogP contribution in [0, 0.1) is 0 Å². The van der Waals surface area contributed by atoms with Gasteiger partial charge in [0.05, 0.1) is 23.9 Å². The Morgan fingerprint density at radius 2 is 1.94 bits per heavy atom. The van der Waals surface area contributed by atoms with Crippen LogP contribution in [0.15, 0.2) is 59.8 Å². The van der Waals surface area contributed by atoms with Gasteiger partial charge in [-0.1, -0.05) is 55.8 Å². The highest BCUT2D eigenvalue weighted by atomic mass is 35.5. The third kappa shape index (κ3) is 5.02. The van der Waals surface area contributed by atoms with Gasteiger partial charge in [-0.3, -0.25) is 4.90 Å². The molecule has 31 heavy (non-hydrogen) atoms. The molecule has 1 aliphatic rings. The standard InChI is InChI=1S/C24H27ClN2O4/c1-5-30-23(28)21-19(14-31-20-12-7-6-11-18(20)15(2)3)27(4)24(29)26-22(21)16-9-8-10-17(25)13-16/h6-13,15,22H,5,14H2,1-4H3,(H,26,29). The van der Waals surface area contributed by atoms with Gasteiger partial charge in [0.2, 0.25) is 0 Å². The Kier molecular flexibility index (Phi) is 7.23. The molecular formula is C24H27ClN2O4. The van der Waals surface area contributed by atoms with Gasteiger partial charge in [0.15, 0.2) is 0 Å². The Morgan fingerprint density at radius 1 is 1.19 bits per heavy atom. The Labute approximate surface area is 187 Å². The quantitative estimate of drug-likeness (QED) is 0.609. The summed E-state index contributed by atoms with van der Waals surface area (Å²) >= 11 is 6.16. The Hall–Kier alpha value is -2.99. The smallest absolute Gasteiger partial charge is 0.338 e. The molecular weight excluding hydrogens is 416 g/mol. The van der Waals surface area contributed by atoms with Gasteiger partial charge in [0.25, 0.3) is 0 Å². The summed E-state index contributed by atoms with van der Waals surface area (Å²) in [7, 11) is 1.61. The number of carbonyl (C=O) groups excluding carboxylic acids is 2. The summed E-state index contributed by atoms with van der Waals surface area (Å²) in [5.74, 6) is 0.475. The van der Waals surface area contributed by atoms with E-state index in [-0.39, 0.29) is 25.2 Å². The minimum absolute atomic E-state index is 0.0405. The molecule has 7 heteroatoms. The van der Waals surface area contributed by atoms with E-state index in [4.69, 9.17) is 21.1 Å². The maximum atomic E-state index is 13.0. The van der Waals surface area contributed by atoms with E-state index in [9.17, 15) is 9.59 Å². The number of halogens is 1. The normalized spacial score (nSPS) is 16.4. The molecule has 1 aliphatic heterocycles. The van der Waals surface area contributed by atoms with Crippen LogP contribution in [-0.2, 0) is 9.53 Å². The van der Waals surface area contributed by atoms with E-state index < -0.39 is 12.0 Å². The van der Waals surface area contributed by atoms with E-state index in [1.165, 1.54) is 4.90 Å². The summed E-state index contributed by atoms with van der Waals surface area (Å²) in [5, 5.41) is 3.38. The first-order chi connectivity index (χ1) is 14.8. The highest BCUT2D eigenvalue weighted by Crippen LogP contribution is 2.33. The maximum absolute atomic E-state index is 13.0. The van der Waals surface area contributed by atoms with Crippen molar-refractivity contribution >= 4 is 23.6 Å². The molecule has 1 unspecified atom stereocenters. The predicted molar refractivity (Wildman–Crippen MR) is 120 cm³/mol. The summed E-state index contributed by atoms with van der Waals surface area (Å²) in [4.78, 5) is 27.1. The van der Waals surface area contributed by atoms with Crippen LogP contribution in [0.25, 0.3) is 0 Å². The second-order valence-corrected chi connectivity index (χ2v) is 8.00. The average Bonchev–Trinajstić information content (AvgIpc) is 2.74. The van der Waals surface area contributed by atoms with Gasteiger partial charge >= 0.3 is 12.0 Å². The molecule has 0 fully saturated rings. The summed E-state index contributed by atoms with van der Waals surface area (Å²) in [6.07, 6.45) is 0. The van der Waals surface area contributed by atoms with Gasteiger partial charge in [0.1, 0.15) is 12.4 Å². The number of para-hydroxylation sites is 1. The molecule has 0 aliphatic carbocycles. The molecule has 3 rings (SSSR count). The van der Waals surface area contributed by atoms with Crippen molar-refractivity contribution in [1.29, 1.82) is 0 Å². The van der Waals surface area contributed by atoms with Crippen LogP contribution in [0.1, 0.15) is 43.9 Å². The zero-order valence-electron chi connectivity index (χ0n) is 18.1. The van der Waals surface area contributed by atoms with Crippen molar-refractivity contribution in [3.8, 4) is 5.75 Å². The number of rotatable bonds is 7. The summed E-state index contributed by atoms with van der Waals surface area (Å²) in [6, 6.07) is 13.8. The van der Waals surface area contributed by atoms with Crippen molar-refractivity contribution in [3.63, 3.8) is 0 Å². The molecule has 1 N–H and O–H groups in total. The summed E-state index contributed by atoms with van der Waals surface area (Å²) in [5.41, 5.74) is 2.52. The van der Waals surface area contributed by atoms with Gasteiger partial charge in [-0.15, -0.1) is 0 Å². The SMILES string of the molecule is CCOC(=O)C1=C(COc2ccccc2C(C)C)N(C)C(=O)NC1c1cccc(Cl)c1. The zero-order chi connectivity index (χ0) is 22.5. The molecule has 2 aromatic carbocycles. The number of ether oxygens (including phenoxy) is 2. The van der Waals surface area contributed by atoms with Gasteiger partial charge in [-0.25, -0.2) is 9.59 Å². The van der Waals surface area contributed by atoms with E-state index in [1.54, 1.807) is 32.2 Å². The van der Waals surface area contributed by atoms with Crippen LogP contribution < -0.4 is 10.1 Å². The number of nitrogens with one attached hydrogen (secondary N) is 1. The van der Waals surface area contributed by atoms with Gasteiger partial charge in [-0.05, 0) is 42.2 Å². The fraction of sp³-hybridized carbons (Fsp3) is 0.333. The first kappa shape index (κ1) is 22.7. The molecule has 164 valence electrons. The number of esters is 1. The van der Waals surface area contributed by atoms with Crippen molar-refractivity contribution in [2.24, 2.45) is 0 Å². The average molecular weight is 443 g/mol. The zero-order valence-corrected chi connectivity index (χ0v) is 18.9. The van der Waals surface area contributed by atoms with E-state index in [0.717, 1.165) is 5.56 Å². The highest BCUT2D eigenvalue weighted by Gasteiger charge is 2.37. The number of carbonyl (C=O) groups is 2. The molecule has 6 nitrogen and oxygen atoms in total. The third-order valence-electron chi connectivity index (χ3n) is 5.16. The Bertz CT molecular complexity index is 1000. The topological polar surface area (TPSA) is 67.9 Å². The highest BCUT2D eigenvalue weighted by molar-refractivity contribution is 6.30. The lowest BCUT2D eigenvalue weighted by atomic mass is 9.94. The summed E-state index contributed by atoms with van der Waals surface area (Å²) < 4.78 is 11.4. The lowest BCUT2D eigenvalue weighted by Crippen LogP contribution is -2.48. The van der Waals surface area contributed by atoms with Gasteiger partial charge in [-0.2, -0.15) is 0 Å². The number of hydrogen-bond donors (Lipinski definition) is 1. The first-order valence-electron chi connectivity index (χ1n) is 10.2. The van der Waals surface area contributed by atoms with Crippen molar-refractivity contribution < 1.29 is 19.1 Å². The fourth-order valence-corrected chi connectivity index (χ4v) is 3.75. The van der Waals surface area contributed by atoms with E-state index in [2.05, 4.69) is 19.2 Å². The molecule has 0 saturated carbocycles. The van der Waals surface area contributed by atoms with Crippen LogP contribution in [0.4, 0.5) is 4.79 Å². The monoisotopic (exact) mass is 442 g/mol. The second kappa shape index (κ2) is 9.88. The third-order valence-corrected chi connectivity index (χ3v) is 5.39. The maximum Gasteiger partial charge on any atom is 0.338 e. The van der Waals surface area contributed by atoms with Crippen molar-refractivity contribution in [2.75, 3.05) is 20.3 Å². The number of nitrogens with zero attached hydrogens (tertiary/aromatic N) is 1. The molecule has 0 radical (unpaired) electrons. The molecule has 0 spiro atoms. The van der Waals surface area contributed by atoms with Gasteiger partial charge < -0.3 is 14.8 Å². The number of benzene rings is 2. The molecule has 0 bridgehead atoms. The van der Waals surface area contributed by atoms with Crippen LogP contribution in [-0.4, -0.2) is 37.2 Å². The van der Waals surface area contributed by atoms with Crippen molar-refractivity contribution in [3.05, 3.63) is 76.0 Å². The van der Waals surface area contributed by atoms with Crippen molar-refractivity contribution in [2.45, 2.75) is 32.7 Å². The molecule has 2 amide bonds. The Balaban J connectivity index is 2.05. The minimum Gasteiger partial charge on any atom is -0.487 e. The molecule has 1 atom stereocenters. The predicted octanol–water partition coefficient (Wildman–Crippen LogP) is 5.06. The lowest BCUT2D eigenvalue weighted by molar-refractivity contribution is -0.139. The van der Waals surface area contributed by atoms with Crippen LogP contribution >= 0.6 is 11.6 Å². The Morgan fingerprint density at radius 3 is 2.61 bits per heavy atom. The molecule has 2 aromatic rings. The fourth-order valence-electron chi connectivity index (χ4n) is 3.55. The van der Waals surface area contributed by atoms with Crippen LogP contribution in [0.3, 0.4) is 0 Å². The second-order valence-electron chi connectivity index (χ2n) is 7.56. The molecule has 0 aromatic heterocycles. The number of hydrogen-bond acceptors (Lipinski definition) is 4. The van der Waals surface area contributed by atoms with Crippen LogP contribution in [0.5, 0.6) is 5.75 Å². The number of likely N-dealkylation sites (N-methyl/N-ethyl adjacent to an activating group) is 1. The van der Waals surface area contributed by atoms with E-state index in [0.29, 0.717) is 27.6 Å².